The molecule has 0 spiro atoms. The van der Waals surface area contributed by atoms with Crippen molar-refractivity contribution in [1.82, 2.24) is 10.5 Å². The van der Waals surface area contributed by atoms with Crippen LogP contribution in [0, 0.1) is 24.5 Å². The lowest BCUT2D eigenvalue weighted by atomic mass is 9.96. The first kappa shape index (κ1) is 27.9. The molecule has 0 unspecified atom stereocenters. The maximum Gasteiger partial charge on any atom is 0.336 e. The fourth-order valence-corrected chi connectivity index (χ4v) is 3.95. The number of carbonyl (C=O) groups is 3. The number of aliphatic hydroxyl groups is 1. The van der Waals surface area contributed by atoms with Crippen LogP contribution in [0.3, 0.4) is 0 Å². The van der Waals surface area contributed by atoms with Crippen molar-refractivity contribution in [3.05, 3.63) is 52.9 Å². The SMILES string of the molecule is Cc1cc(C[C@@H]2CCC[C@H]2NCc2cc(F)ccc2F)on1.O=C(O)CC(O)(CC(=O)O)C(=O)O. The second-order valence-corrected chi connectivity index (χ2v) is 8.53. The quantitative estimate of drug-likeness (QED) is 0.328. The number of benzene rings is 1. The van der Waals surface area contributed by atoms with Crippen LogP contribution in [-0.4, -0.2) is 55.1 Å². The summed E-state index contributed by atoms with van der Waals surface area (Å²) in [6.07, 6.45) is 1.85. The Bertz CT molecular complexity index is 1030. The third-order valence-corrected chi connectivity index (χ3v) is 5.65. The number of rotatable bonds is 10. The normalized spacial score (nSPS) is 17.5. The smallest absolute Gasteiger partial charge is 0.336 e. The highest BCUT2D eigenvalue weighted by Gasteiger charge is 2.40. The first-order valence-corrected chi connectivity index (χ1v) is 10.9. The predicted octanol–water partition coefficient (Wildman–Crippen LogP) is 2.51. The summed E-state index contributed by atoms with van der Waals surface area (Å²) in [6, 6.07) is 5.83. The molecule has 192 valence electrons. The summed E-state index contributed by atoms with van der Waals surface area (Å²) in [5.41, 5.74) is -1.47. The van der Waals surface area contributed by atoms with Gasteiger partial charge < -0.3 is 30.3 Å². The minimum atomic E-state index is -2.74. The van der Waals surface area contributed by atoms with Gasteiger partial charge >= 0.3 is 17.9 Å². The number of carboxylic acids is 3. The summed E-state index contributed by atoms with van der Waals surface area (Å²) < 4.78 is 32.1. The van der Waals surface area contributed by atoms with Gasteiger partial charge in [-0.05, 0) is 43.9 Å². The Hall–Kier alpha value is -3.38. The van der Waals surface area contributed by atoms with Crippen molar-refractivity contribution < 1.29 is 48.1 Å². The van der Waals surface area contributed by atoms with Crippen LogP contribution in [0.1, 0.15) is 49.1 Å². The molecule has 12 heteroatoms. The zero-order chi connectivity index (χ0) is 26.2. The Morgan fingerprint density at radius 3 is 2.31 bits per heavy atom. The molecule has 1 fully saturated rings. The van der Waals surface area contributed by atoms with E-state index in [4.69, 9.17) is 24.9 Å². The van der Waals surface area contributed by atoms with Gasteiger partial charge in [0.05, 0.1) is 18.5 Å². The van der Waals surface area contributed by atoms with Gasteiger partial charge in [-0.25, -0.2) is 13.6 Å². The van der Waals surface area contributed by atoms with E-state index in [0.717, 1.165) is 43.2 Å². The molecule has 1 aliphatic carbocycles. The minimum Gasteiger partial charge on any atom is -0.481 e. The van der Waals surface area contributed by atoms with Gasteiger partial charge in [0.2, 0.25) is 0 Å². The molecule has 1 aromatic carbocycles. The van der Waals surface area contributed by atoms with E-state index in [2.05, 4.69) is 10.5 Å². The van der Waals surface area contributed by atoms with Crippen molar-refractivity contribution in [2.45, 2.75) is 63.6 Å². The van der Waals surface area contributed by atoms with E-state index < -0.39 is 42.2 Å². The predicted molar refractivity (Wildman–Crippen MR) is 116 cm³/mol. The number of carboxylic acid groups (broad SMARTS) is 3. The molecule has 1 saturated carbocycles. The van der Waals surface area contributed by atoms with Gasteiger partial charge in [-0.15, -0.1) is 0 Å². The lowest BCUT2D eigenvalue weighted by Crippen LogP contribution is -2.42. The summed E-state index contributed by atoms with van der Waals surface area (Å²) in [4.78, 5) is 30.5. The maximum atomic E-state index is 13.7. The van der Waals surface area contributed by atoms with Gasteiger partial charge in [-0.1, -0.05) is 11.6 Å². The zero-order valence-electron chi connectivity index (χ0n) is 19.0. The molecular formula is C23H28F2N2O8. The number of nitrogens with one attached hydrogen (secondary N) is 1. The highest BCUT2D eigenvalue weighted by Crippen LogP contribution is 2.29. The summed E-state index contributed by atoms with van der Waals surface area (Å²) in [7, 11) is 0. The molecule has 2 aromatic rings. The van der Waals surface area contributed by atoms with E-state index in [9.17, 15) is 23.2 Å². The van der Waals surface area contributed by atoms with Crippen LogP contribution in [0.4, 0.5) is 8.78 Å². The van der Waals surface area contributed by atoms with Crippen LogP contribution in [0.5, 0.6) is 0 Å². The molecule has 0 aliphatic heterocycles. The summed E-state index contributed by atoms with van der Waals surface area (Å²) in [5.74, 6) is -4.45. The molecule has 3 rings (SSSR count). The van der Waals surface area contributed by atoms with E-state index in [-0.39, 0.29) is 5.82 Å². The van der Waals surface area contributed by atoms with Crippen molar-refractivity contribution >= 4 is 17.9 Å². The summed E-state index contributed by atoms with van der Waals surface area (Å²) in [5, 5.41) is 41.1. The van der Waals surface area contributed by atoms with Crippen molar-refractivity contribution in [3.63, 3.8) is 0 Å². The summed E-state index contributed by atoms with van der Waals surface area (Å²) in [6.45, 7) is 2.25. The number of nitrogens with zero attached hydrogens (tertiary/aromatic N) is 1. The topological polar surface area (TPSA) is 170 Å². The molecule has 0 bridgehead atoms. The molecular weight excluding hydrogens is 470 g/mol. The van der Waals surface area contributed by atoms with Crippen molar-refractivity contribution in [1.29, 1.82) is 0 Å². The number of hydrogen-bond acceptors (Lipinski definition) is 7. The number of aryl methyl sites for hydroxylation is 1. The van der Waals surface area contributed by atoms with Gasteiger partial charge in [0, 0.05) is 30.6 Å². The standard InChI is InChI=1S/C17H20F2N2O.C6H8O7/c1-11-7-15(22-21-11)9-12-3-2-4-17(12)20-10-13-8-14(18)5-6-16(13)19;7-3(8)1-6(13,5(11)12)2-4(9)10/h5-8,12,17,20H,2-4,9-10H2,1H3;13H,1-2H2,(H,7,8)(H,9,10)(H,11,12)/t12-,17+;/m0./s1. The molecule has 1 aromatic heterocycles. The van der Waals surface area contributed by atoms with Crippen LogP contribution in [0.25, 0.3) is 0 Å². The van der Waals surface area contributed by atoms with Gasteiger partial charge in [0.1, 0.15) is 17.4 Å². The molecule has 1 heterocycles. The molecule has 2 atom stereocenters. The third-order valence-electron chi connectivity index (χ3n) is 5.65. The Labute approximate surface area is 199 Å². The molecule has 5 N–H and O–H groups in total. The minimum absolute atomic E-state index is 0.299. The lowest BCUT2D eigenvalue weighted by Gasteiger charge is -2.20. The van der Waals surface area contributed by atoms with Gasteiger partial charge in [-0.3, -0.25) is 9.59 Å². The number of aromatic nitrogens is 1. The van der Waals surface area contributed by atoms with Gasteiger partial charge in [-0.2, -0.15) is 0 Å². The van der Waals surface area contributed by atoms with E-state index in [1.165, 1.54) is 12.1 Å². The Morgan fingerprint density at radius 2 is 1.77 bits per heavy atom. The Kier molecular flexibility index (Phi) is 9.84. The molecule has 10 nitrogen and oxygen atoms in total. The maximum absolute atomic E-state index is 13.7. The first-order chi connectivity index (χ1) is 16.4. The number of aliphatic carboxylic acids is 3. The fraction of sp³-hybridized carbons (Fsp3) is 0.478. The van der Waals surface area contributed by atoms with Crippen LogP contribution in [0.2, 0.25) is 0 Å². The lowest BCUT2D eigenvalue weighted by molar-refractivity contribution is -0.170. The Morgan fingerprint density at radius 1 is 1.11 bits per heavy atom. The van der Waals surface area contributed by atoms with E-state index >= 15 is 0 Å². The first-order valence-electron chi connectivity index (χ1n) is 10.9. The van der Waals surface area contributed by atoms with Crippen molar-refractivity contribution in [3.8, 4) is 0 Å². The number of hydrogen-bond donors (Lipinski definition) is 5. The van der Waals surface area contributed by atoms with Gasteiger partial charge in [0.15, 0.2) is 5.60 Å². The fourth-order valence-electron chi connectivity index (χ4n) is 3.95. The average molecular weight is 498 g/mol. The second-order valence-electron chi connectivity index (χ2n) is 8.53. The van der Waals surface area contributed by atoms with Gasteiger partial charge in [0.25, 0.3) is 0 Å². The molecule has 0 saturated heterocycles. The van der Waals surface area contributed by atoms with Crippen molar-refractivity contribution in [2.75, 3.05) is 0 Å². The van der Waals surface area contributed by atoms with Crippen LogP contribution in [0.15, 0.2) is 28.8 Å². The Balaban J connectivity index is 0.000000287. The van der Waals surface area contributed by atoms with E-state index in [1.54, 1.807) is 0 Å². The highest BCUT2D eigenvalue weighted by molar-refractivity contribution is 5.88. The largest absolute Gasteiger partial charge is 0.481 e. The van der Waals surface area contributed by atoms with Crippen LogP contribution in [-0.2, 0) is 27.3 Å². The highest BCUT2D eigenvalue weighted by atomic mass is 19.1. The van der Waals surface area contributed by atoms with Crippen LogP contribution < -0.4 is 5.32 Å². The van der Waals surface area contributed by atoms with Crippen LogP contribution >= 0.6 is 0 Å². The second kappa shape index (κ2) is 12.4. The monoisotopic (exact) mass is 498 g/mol. The third kappa shape index (κ3) is 8.72. The van der Waals surface area contributed by atoms with E-state index in [0.29, 0.717) is 24.1 Å². The molecule has 0 radical (unpaired) electrons. The zero-order valence-corrected chi connectivity index (χ0v) is 19.0. The van der Waals surface area contributed by atoms with Crippen molar-refractivity contribution in [2.24, 2.45) is 5.92 Å². The average Bonchev–Trinajstić information content (AvgIpc) is 3.36. The summed E-state index contributed by atoms with van der Waals surface area (Å²) >= 11 is 0. The molecule has 1 aliphatic rings. The van der Waals surface area contributed by atoms with E-state index in [1.807, 2.05) is 13.0 Å². The number of halogens is 2. The molecule has 35 heavy (non-hydrogen) atoms. The molecule has 0 amide bonds.